The Labute approximate surface area is 208 Å². The Morgan fingerprint density at radius 2 is 1.97 bits per heavy atom. The summed E-state index contributed by atoms with van der Waals surface area (Å²) in [6.45, 7) is 7.62. The molecule has 4 nitrogen and oxygen atoms in total. The van der Waals surface area contributed by atoms with E-state index in [-0.39, 0.29) is 23.2 Å². The summed E-state index contributed by atoms with van der Waals surface area (Å²) < 4.78 is 15.4. The molecular weight excluding hydrogens is 449 g/mol. The first-order valence-corrected chi connectivity index (χ1v) is 11.6. The van der Waals surface area contributed by atoms with E-state index in [1.165, 1.54) is 6.07 Å². The number of rotatable bonds is 6. The molecule has 3 aromatic carbocycles. The number of fused-ring (bicyclic) bond motifs is 1. The zero-order valence-corrected chi connectivity index (χ0v) is 19.6. The number of nitrogens with zero attached hydrogens (tertiary/aromatic N) is 1. The molecule has 0 aliphatic heterocycles. The van der Waals surface area contributed by atoms with Crippen molar-refractivity contribution in [1.29, 1.82) is 0 Å². The molecule has 1 aromatic heterocycles. The van der Waals surface area contributed by atoms with Crippen molar-refractivity contribution in [2.24, 2.45) is 4.99 Å². The average molecular weight is 474 g/mol. The third kappa shape index (κ3) is 4.25. The van der Waals surface area contributed by atoms with Crippen LogP contribution in [-0.2, 0) is 0 Å². The maximum Gasteiger partial charge on any atom is 0.323 e. The van der Waals surface area contributed by atoms with Crippen molar-refractivity contribution < 1.29 is 4.39 Å². The minimum atomic E-state index is -0.443. The SMILES string of the molecule is C#Cc1cccc(C2C=CC=C(c3cc(F)c(N=C)c(C(C=C)c4ccc5[nH]c(=O)[nH]c5c4)c3)C2)c1. The second kappa shape index (κ2) is 9.52. The average Bonchev–Trinajstić information content (AvgIpc) is 3.28. The molecule has 0 bridgehead atoms. The molecular formula is C31H24FN3O. The number of benzene rings is 3. The summed E-state index contributed by atoms with van der Waals surface area (Å²) in [4.78, 5) is 21.2. The number of aromatic amines is 2. The number of aromatic nitrogens is 2. The number of imidazole rings is 1. The molecule has 4 aromatic rings. The second-order valence-electron chi connectivity index (χ2n) is 8.81. The summed E-state index contributed by atoms with van der Waals surface area (Å²) in [6, 6.07) is 17.0. The first-order valence-electron chi connectivity index (χ1n) is 11.6. The predicted molar refractivity (Wildman–Crippen MR) is 145 cm³/mol. The predicted octanol–water partition coefficient (Wildman–Crippen LogP) is 6.75. The van der Waals surface area contributed by atoms with E-state index in [1.54, 1.807) is 6.08 Å². The van der Waals surface area contributed by atoms with Crippen LogP contribution in [0.5, 0.6) is 0 Å². The molecule has 2 N–H and O–H groups in total. The van der Waals surface area contributed by atoms with Gasteiger partial charge in [0, 0.05) is 17.4 Å². The lowest BCUT2D eigenvalue weighted by Crippen LogP contribution is -2.04. The van der Waals surface area contributed by atoms with Gasteiger partial charge in [-0.1, -0.05) is 48.4 Å². The molecule has 0 spiro atoms. The van der Waals surface area contributed by atoms with Crippen molar-refractivity contribution >= 4 is 29.0 Å². The number of allylic oxidation sites excluding steroid dienone is 5. The first-order chi connectivity index (χ1) is 17.5. The Bertz CT molecular complexity index is 1660. The van der Waals surface area contributed by atoms with Crippen molar-refractivity contribution in [2.75, 3.05) is 0 Å². The summed E-state index contributed by atoms with van der Waals surface area (Å²) in [5.74, 6) is 2.02. The standard InChI is InChI=1S/C31H24FN3O/c1-4-19-8-6-9-20(14-19)21-10-7-11-22(15-21)24-16-26(30(33-3)27(32)17-24)25(5-2)23-12-13-28-29(18-23)35-31(36)34-28/h1,5-14,16-18,21,25H,2-3,15H2,(H2,34,35,36). The highest BCUT2D eigenvalue weighted by Crippen LogP contribution is 2.40. The fourth-order valence-corrected chi connectivity index (χ4v) is 4.88. The zero-order valence-electron chi connectivity index (χ0n) is 19.6. The van der Waals surface area contributed by atoms with Gasteiger partial charge in [0.05, 0.1) is 11.0 Å². The smallest absolute Gasteiger partial charge is 0.306 e. The van der Waals surface area contributed by atoms with E-state index in [2.05, 4.69) is 46.3 Å². The van der Waals surface area contributed by atoms with E-state index in [1.807, 2.05) is 54.6 Å². The lowest BCUT2D eigenvalue weighted by Gasteiger charge is -2.22. The molecule has 0 radical (unpaired) electrons. The van der Waals surface area contributed by atoms with Gasteiger partial charge in [0.1, 0.15) is 11.5 Å². The highest BCUT2D eigenvalue weighted by atomic mass is 19.1. The Kier molecular flexibility index (Phi) is 6.10. The van der Waals surface area contributed by atoms with E-state index in [0.29, 0.717) is 23.0 Å². The van der Waals surface area contributed by atoms with Crippen LogP contribution in [0.2, 0.25) is 0 Å². The van der Waals surface area contributed by atoms with E-state index in [0.717, 1.165) is 27.8 Å². The molecule has 0 saturated carbocycles. The fraction of sp³-hybridized carbons (Fsp3) is 0.0968. The third-order valence-corrected chi connectivity index (χ3v) is 6.65. The van der Waals surface area contributed by atoms with Gasteiger partial charge in [0.2, 0.25) is 0 Å². The van der Waals surface area contributed by atoms with Gasteiger partial charge >= 0.3 is 5.69 Å². The molecule has 5 heteroatoms. The van der Waals surface area contributed by atoms with Gasteiger partial charge < -0.3 is 9.97 Å². The second-order valence-corrected chi connectivity index (χ2v) is 8.81. The van der Waals surface area contributed by atoms with Crippen LogP contribution in [0.25, 0.3) is 16.6 Å². The lowest BCUT2D eigenvalue weighted by molar-refractivity contribution is 0.627. The minimum Gasteiger partial charge on any atom is -0.306 e. The summed E-state index contributed by atoms with van der Waals surface area (Å²) in [6.07, 6.45) is 14.2. The first kappa shape index (κ1) is 23.1. The molecule has 5 rings (SSSR count). The van der Waals surface area contributed by atoms with E-state index in [4.69, 9.17) is 6.42 Å². The number of halogens is 1. The van der Waals surface area contributed by atoms with Crippen LogP contribution in [-0.4, -0.2) is 16.7 Å². The molecule has 176 valence electrons. The normalized spacial score (nSPS) is 15.8. The molecule has 1 heterocycles. The molecule has 2 atom stereocenters. The van der Waals surface area contributed by atoms with Gasteiger partial charge in [0.15, 0.2) is 0 Å². The van der Waals surface area contributed by atoms with Gasteiger partial charge in [-0.15, -0.1) is 13.0 Å². The van der Waals surface area contributed by atoms with Crippen molar-refractivity contribution in [1.82, 2.24) is 9.97 Å². The Morgan fingerprint density at radius 1 is 1.14 bits per heavy atom. The summed E-state index contributed by atoms with van der Waals surface area (Å²) >= 11 is 0. The van der Waals surface area contributed by atoms with Crippen LogP contribution in [0.3, 0.4) is 0 Å². The van der Waals surface area contributed by atoms with Crippen molar-refractivity contribution in [3.05, 3.63) is 130 Å². The van der Waals surface area contributed by atoms with Gasteiger partial charge in [-0.25, -0.2) is 9.18 Å². The number of hydrogen-bond donors (Lipinski definition) is 2. The quantitative estimate of drug-likeness (QED) is 0.182. The minimum absolute atomic E-state index is 0.130. The van der Waals surface area contributed by atoms with Gasteiger partial charge in [0.25, 0.3) is 0 Å². The molecule has 0 amide bonds. The molecule has 0 saturated heterocycles. The van der Waals surface area contributed by atoms with Crippen molar-refractivity contribution in [3.63, 3.8) is 0 Å². The van der Waals surface area contributed by atoms with Crippen LogP contribution < -0.4 is 5.69 Å². The van der Waals surface area contributed by atoms with Crippen LogP contribution >= 0.6 is 0 Å². The third-order valence-electron chi connectivity index (χ3n) is 6.65. The lowest BCUT2D eigenvalue weighted by atomic mass is 9.83. The molecule has 1 aliphatic carbocycles. The molecule has 36 heavy (non-hydrogen) atoms. The fourth-order valence-electron chi connectivity index (χ4n) is 4.88. The topological polar surface area (TPSA) is 61.0 Å². The molecule has 0 fully saturated rings. The molecule has 1 aliphatic rings. The summed E-state index contributed by atoms with van der Waals surface area (Å²) in [5, 5.41) is 0. The Balaban J connectivity index is 1.55. The van der Waals surface area contributed by atoms with Crippen molar-refractivity contribution in [3.8, 4) is 12.3 Å². The van der Waals surface area contributed by atoms with Crippen LogP contribution in [0.4, 0.5) is 10.1 Å². The molecule has 2 unspecified atom stereocenters. The maximum atomic E-state index is 15.4. The summed E-state index contributed by atoms with van der Waals surface area (Å²) in [5.41, 5.74) is 6.55. The number of hydrogen-bond acceptors (Lipinski definition) is 2. The van der Waals surface area contributed by atoms with Gasteiger partial charge in [-0.05, 0) is 77.4 Å². The highest BCUT2D eigenvalue weighted by molar-refractivity contribution is 5.77. The Morgan fingerprint density at radius 3 is 2.75 bits per heavy atom. The largest absolute Gasteiger partial charge is 0.323 e. The van der Waals surface area contributed by atoms with E-state index < -0.39 is 5.82 Å². The monoisotopic (exact) mass is 473 g/mol. The van der Waals surface area contributed by atoms with Crippen molar-refractivity contribution in [2.45, 2.75) is 18.3 Å². The van der Waals surface area contributed by atoms with Gasteiger partial charge in [-0.3, -0.25) is 4.99 Å². The number of aliphatic imine (C=N–C) groups is 1. The number of terminal acetylenes is 1. The van der Waals surface area contributed by atoms with Crippen LogP contribution in [0.1, 0.15) is 46.1 Å². The maximum absolute atomic E-state index is 15.4. The van der Waals surface area contributed by atoms with E-state index in [9.17, 15) is 4.79 Å². The number of H-pyrrole nitrogens is 2. The Hall–Kier alpha value is -4.69. The van der Waals surface area contributed by atoms with E-state index >= 15 is 4.39 Å². The van der Waals surface area contributed by atoms with Crippen LogP contribution in [0, 0.1) is 18.2 Å². The number of nitrogens with one attached hydrogen (secondary N) is 2. The zero-order chi connectivity index (χ0) is 25.2. The van der Waals surface area contributed by atoms with Gasteiger partial charge in [-0.2, -0.15) is 0 Å². The summed E-state index contributed by atoms with van der Waals surface area (Å²) in [7, 11) is 0. The highest BCUT2D eigenvalue weighted by Gasteiger charge is 2.22. The van der Waals surface area contributed by atoms with Crippen LogP contribution in [0.15, 0.2) is 95.3 Å².